The van der Waals surface area contributed by atoms with Gasteiger partial charge >= 0.3 is 5.76 Å². The third kappa shape index (κ3) is 5.66. The van der Waals surface area contributed by atoms with E-state index in [1.54, 1.807) is 36.5 Å². The summed E-state index contributed by atoms with van der Waals surface area (Å²) in [6.45, 7) is 2.74. The number of ether oxygens (including phenoxy) is 1. The molecule has 0 unspecified atom stereocenters. The molecule has 3 heterocycles. The minimum Gasteiger partial charge on any atom is -0.437 e. The molecule has 200 valence electrons. The van der Waals surface area contributed by atoms with Gasteiger partial charge in [0, 0.05) is 42.5 Å². The van der Waals surface area contributed by atoms with Crippen LogP contribution in [0.15, 0.2) is 48.7 Å². The molecule has 14 heteroatoms. The summed E-state index contributed by atoms with van der Waals surface area (Å²) in [5.41, 5.74) is 0.552. The largest absolute Gasteiger partial charge is 0.437 e. The van der Waals surface area contributed by atoms with Crippen molar-refractivity contribution in [3.05, 3.63) is 53.7 Å². The molecule has 1 aliphatic heterocycles. The third-order valence-electron chi connectivity index (χ3n) is 5.80. The molecule has 3 N–H and O–H groups in total. The molecule has 5 rings (SSSR count). The number of benzene rings is 2. The number of fused-ring (bicyclic) bond motifs is 1. The number of piperidine rings is 1. The molecule has 1 fully saturated rings. The summed E-state index contributed by atoms with van der Waals surface area (Å²) >= 11 is 1.36. The number of alkyl halides is 3. The highest BCUT2D eigenvalue weighted by molar-refractivity contribution is 7.93. The number of rotatable bonds is 8. The Bertz CT molecular complexity index is 1570. The number of sulfonamides is 1. The first-order chi connectivity index (χ1) is 18.2. The lowest BCUT2D eigenvalue weighted by Gasteiger charge is -2.26. The number of hydrogen-bond donors (Lipinski definition) is 3. The van der Waals surface area contributed by atoms with Crippen LogP contribution >= 0.6 is 11.3 Å². The van der Waals surface area contributed by atoms with E-state index in [4.69, 9.17) is 4.74 Å². The molecule has 0 bridgehead atoms. The highest BCUT2D eigenvalue weighted by Gasteiger charge is 2.25. The van der Waals surface area contributed by atoms with Gasteiger partial charge in [-0.1, -0.05) is 24.3 Å². The van der Waals surface area contributed by atoms with Crippen molar-refractivity contribution in [3.63, 3.8) is 0 Å². The number of nitrogens with zero attached hydrogens (tertiary/aromatic N) is 3. The lowest BCUT2D eigenvalue weighted by molar-refractivity contribution is 0.236. The van der Waals surface area contributed by atoms with Crippen LogP contribution < -0.4 is 20.1 Å². The second-order valence-corrected chi connectivity index (χ2v) is 11.5. The molecular formula is C24H23F3N6O3S2. The molecule has 0 radical (unpaired) electrons. The number of nitrogens with one attached hydrogen (secondary N) is 3. The van der Waals surface area contributed by atoms with E-state index in [2.05, 4.69) is 25.6 Å². The van der Waals surface area contributed by atoms with E-state index in [0.717, 1.165) is 0 Å². The van der Waals surface area contributed by atoms with Crippen molar-refractivity contribution in [3.8, 4) is 22.2 Å². The summed E-state index contributed by atoms with van der Waals surface area (Å²) in [7, 11) is -4.85. The van der Waals surface area contributed by atoms with Gasteiger partial charge in [0.2, 0.25) is 11.8 Å². The summed E-state index contributed by atoms with van der Waals surface area (Å²) < 4.78 is 71.2. The van der Waals surface area contributed by atoms with Crippen molar-refractivity contribution in [1.82, 2.24) is 20.3 Å². The Morgan fingerprint density at radius 3 is 2.66 bits per heavy atom. The van der Waals surface area contributed by atoms with Crippen molar-refractivity contribution in [1.29, 1.82) is 0 Å². The Hall–Kier alpha value is -3.49. The van der Waals surface area contributed by atoms with Crippen LogP contribution in [0.1, 0.15) is 11.4 Å². The number of thiazole rings is 1. The standard InChI is InChI=1S/C24H23F3N6O3S2/c1-13-30-22(21(37-13)19-8-9-29-24(32-19)31-15-10-14(25)11-28-12-15)36-20-7-6-18(33-38(34,35)23(26)27)16-4-2-3-5-17(16)20/h2-9,14-15,23,28,33H,10-12H2,1H3,(H,29,31,32)/t14-,15-/m0/s1. The molecule has 38 heavy (non-hydrogen) atoms. The van der Waals surface area contributed by atoms with Gasteiger partial charge in [0.25, 0.3) is 10.0 Å². The normalized spacial score (nSPS) is 18.0. The fourth-order valence-electron chi connectivity index (χ4n) is 4.13. The van der Waals surface area contributed by atoms with Crippen LogP contribution in [0.25, 0.3) is 21.3 Å². The van der Waals surface area contributed by atoms with E-state index < -0.39 is 22.0 Å². The fraction of sp³-hybridized carbons (Fsp3) is 0.292. The smallest absolute Gasteiger partial charge is 0.355 e. The van der Waals surface area contributed by atoms with Crippen molar-refractivity contribution in [2.24, 2.45) is 0 Å². The SMILES string of the molecule is Cc1nc(Oc2ccc(NS(=O)(=O)C(F)F)c3ccccc23)c(-c2ccnc(N[C@@H]3CNC[C@@H](F)C3)n2)s1. The summed E-state index contributed by atoms with van der Waals surface area (Å²) in [4.78, 5) is 14.0. The zero-order valence-corrected chi connectivity index (χ0v) is 21.6. The van der Waals surface area contributed by atoms with Gasteiger partial charge in [-0.3, -0.25) is 4.72 Å². The van der Waals surface area contributed by atoms with E-state index in [0.29, 0.717) is 57.6 Å². The minimum atomic E-state index is -4.85. The Morgan fingerprint density at radius 1 is 1.11 bits per heavy atom. The number of aromatic nitrogens is 3. The first kappa shape index (κ1) is 26.1. The van der Waals surface area contributed by atoms with Crippen LogP contribution in [0, 0.1) is 6.92 Å². The first-order valence-corrected chi connectivity index (χ1v) is 14.0. The van der Waals surface area contributed by atoms with Crippen LogP contribution in [0.4, 0.5) is 24.8 Å². The quantitative estimate of drug-likeness (QED) is 0.276. The van der Waals surface area contributed by atoms with Crippen LogP contribution in [0.2, 0.25) is 0 Å². The Labute approximate surface area is 220 Å². The predicted octanol–water partition coefficient (Wildman–Crippen LogP) is 4.93. The number of aryl methyl sites for hydroxylation is 1. The minimum absolute atomic E-state index is 0.00201. The van der Waals surface area contributed by atoms with Crippen LogP contribution in [0.5, 0.6) is 11.6 Å². The molecule has 4 aromatic rings. The number of halogens is 3. The lowest BCUT2D eigenvalue weighted by atomic mass is 10.1. The molecule has 2 atom stereocenters. The van der Waals surface area contributed by atoms with Crippen molar-refractivity contribution >= 4 is 43.8 Å². The maximum Gasteiger partial charge on any atom is 0.355 e. The predicted molar refractivity (Wildman–Crippen MR) is 140 cm³/mol. The van der Waals surface area contributed by atoms with Crippen LogP contribution in [-0.2, 0) is 10.0 Å². The number of anilines is 2. The third-order valence-corrected chi connectivity index (χ3v) is 7.75. The maximum absolute atomic E-state index is 13.8. The number of hydrogen-bond acceptors (Lipinski definition) is 9. The second kappa shape index (κ2) is 10.7. The van der Waals surface area contributed by atoms with E-state index in [-0.39, 0.29) is 17.6 Å². The topological polar surface area (TPSA) is 118 Å². The molecule has 0 saturated carbocycles. The van der Waals surface area contributed by atoms with E-state index >= 15 is 0 Å². The highest BCUT2D eigenvalue weighted by atomic mass is 32.2. The molecule has 1 aliphatic rings. The first-order valence-electron chi connectivity index (χ1n) is 11.6. The Morgan fingerprint density at radius 2 is 1.89 bits per heavy atom. The highest BCUT2D eigenvalue weighted by Crippen LogP contribution is 2.40. The van der Waals surface area contributed by atoms with Gasteiger partial charge < -0.3 is 15.4 Å². The van der Waals surface area contributed by atoms with Gasteiger partial charge in [-0.05, 0) is 25.1 Å². The van der Waals surface area contributed by atoms with E-state index in [1.807, 2.05) is 11.6 Å². The molecule has 9 nitrogen and oxygen atoms in total. The average Bonchev–Trinajstić information content (AvgIpc) is 3.25. The molecule has 0 amide bonds. The van der Waals surface area contributed by atoms with Gasteiger partial charge in [-0.25, -0.2) is 27.8 Å². The summed E-state index contributed by atoms with van der Waals surface area (Å²) in [6, 6.07) is 11.1. The monoisotopic (exact) mass is 564 g/mol. The van der Waals surface area contributed by atoms with Gasteiger partial charge in [0.05, 0.1) is 16.4 Å². The van der Waals surface area contributed by atoms with Crippen LogP contribution in [-0.4, -0.2) is 54.4 Å². The van der Waals surface area contributed by atoms with E-state index in [1.165, 1.54) is 23.5 Å². The summed E-state index contributed by atoms with van der Waals surface area (Å²) in [5.74, 6) is -2.60. The zero-order chi connectivity index (χ0) is 26.9. The van der Waals surface area contributed by atoms with Gasteiger partial charge in [0.15, 0.2) is 0 Å². The van der Waals surface area contributed by atoms with Crippen molar-refractivity contribution < 1.29 is 26.3 Å². The fourth-order valence-corrected chi connectivity index (χ4v) is 5.52. The molecule has 2 aromatic heterocycles. The summed E-state index contributed by atoms with van der Waals surface area (Å²) in [6.07, 6.45) is 0.998. The Kier molecular flexibility index (Phi) is 7.36. The van der Waals surface area contributed by atoms with Gasteiger partial charge in [-0.2, -0.15) is 8.78 Å². The van der Waals surface area contributed by atoms with Crippen molar-refractivity contribution in [2.75, 3.05) is 23.1 Å². The molecule has 0 aliphatic carbocycles. The molecular weight excluding hydrogens is 541 g/mol. The maximum atomic E-state index is 13.8. The second-order valence-electron chi connectivity index (χ2n) is 8.63. The Balaban J connectivity index is 1.45. The van der Waals surface area contributed by atoms with Gasteiger partial charge in [-0.15, -0.1) is 11.3 Å². The van der Waals surface area contributed by atoms with Gasteiger partial charge in [0.1, 0.15) is 16.8 Å². The lowest BCUT2D eigenvalue weighted by Crippen LogP contribution is -2.44. The molecule has 1 saturated heterocycles. The average molecular weight is 565 g/mol. The van der Waals surface area contributed by atoms with Crippen LogP contribution in [0.3, 0.4) is 0 Å². The van der Waals surface area contributed by atoms with E-state index in [9.17, 15) is 21.6 Å². The van der Waals surface area contributed by atoms with Crippen molar-refractivity contribution in [2.45, 2.75) is 31.3 Å². The summed E-state index contributed by atoms with van der Waals surface area (Å²) in [5, 5.41) is 7.78. The molecule has 2 aromatic carbocycles. The zero-order valence-electron chi connectivity index (χ0n) is 20.0. The molecule has 0 spiro atoms.